The largest absolute Gasteiger partial charge is 0.507 e. The molecule has 0 bridgehead atoms. The van der Waals surface area contributed by atoms with Crippen LogP contribution in [0.25, 0.3) is 0 Å². The van der Waals surface area contributed by atoms with E-state index in [-0.39, 0.29) is 10.6 Å². The van der Waals surface area contributed by atoms with E-state index in [1.807, 2.05) is 12.1 Å². The van der Waals surface area contributed by atoms with Crippen molar-refractivity contribution < 1.29 is 13.5 Å². The number of phenolic OH excluding ortho intramolecular Hbond substituents is 1. The van der Waals surface area contributed by atoms with E-state index in [9.17, 15) is 13.5 Å². The van der Waals surface area contributed by atoms with E-state index in [2.05, 4.69) is 9.62 Å². The first kappa shape index (κ1) is 16.6. The minimum absolute atomic E-state index is 0.101. The summed E-state index contributed by atoms with van der Waals surface area (Å²) in [6, 6.07) is 12.0. The van der Waals surface area contributed by atoms with Crippen LogP contribution in [0.5, 0.6) is 5.75 Å². The summed E-state index contributed by atoms with van der Waals surface area (Å²) >= 11 is 0. The van der Waals surface area contributed by atoms with E-state index >= 15 is 0 Å². The molecular formula is C18H22N2O3S. The Hall–Kier alpha value is -2.21. The fourth-order valence-corrected chi connectivity index (χ4v) is 4.26. The lowest BCUT2D eigenvalue weighted by Crippen LogP contribution is -2.30. The SMILES string of the molecule is Cc1ccc(O)c(S(=O)(=O)Nc2ccccc2N2CCCCC2)c1. The highest BCUT2D eigenvalue weighted by atomic mass is 32.2. The molecule has 6 heteroatoms. The molecule has 0 spiro atoms. The lowest BCUT2D eigenvalue weighted by Gasteiger charge is -2.30. The van der Waals surface area contributed by atoms with Gasteiger partial charge in [0.25, 0.3) is 10.0 Å². The maximum absolute atomic E-state index is 12.7. The molecule has 1 fully saturated rings. The number of hydrogen-bond donors (Lipinski definition) is 2. The Morgan fingerprint density at radius 1 is 1.04 bits per heavy atom. The van der Waals surface area contributed by atoms with Gasteiger partial charge < -0.3 is 10.0 Å². The zero-order chi connectivity index (χ0) is 17.2. The van der Waals surface area contributed by atoms with Crippen LogP contribution in [-0.4, -0.2) is 26.6 Å². The fraction of sp³-hybridized carbons (Fsp3) is 0.333. The lowest BCUT2D eigenvalue weighted by molar-refractivity contribution is 0.459. The summed E-state index contributed by atoms with van der Waals surface area (Å²) in [5, 5.41) is 9.94. The van der Waals surface area contributed by atoms with Crippen LogP contribution in [0.1, 0.15) is 24.8 Å². The molecule has 0 atom stereocenters. The Morgan fingerprint density at radius 3 is 2.50 bits per heavy atom. The number of nitrogens with one attached hydrogen (secondary N) is 1. The highest BCUT2D eigenvalue weighted by Crippen LogP contribution is 2.32. The Balaban J connectivity index is 1.94. The van der Waals surface area contributed by atoms with Crippen molar-refractivity contribution in [1.29, 1.82) is 0 Å². The molecule has 1 aliphatic rings. The van der Waals surface area contributed by atoms with Crippen molar-refractivity contribution in [3.05, 3.63) is 48.0 Å². The number of benzene rings is 2. The molecule has 1 saturated heterocycles. The summed E-state index contributed by atoms with van der Waals surface area (Å²) in [5.74, 6) is -0.247. The maximum atomic E-state index is 12.7. The predicted molar refractivity (Wildman–Crippen MR) is 96.2 cm³/mol. The summed E-state index contributed by atoms with van der Waals surface area (Å²) in [5.41, 5.74) is 2.20. The molecule has 0 amide bonds. The monoisotopic (exact) mass is 346 g/mol. The van der Waals surface area contributed by atoms with Gasteiger partial charge in [-0.1, -0.05) is 18.2 Å². The van der Waals surface area contributed by atoms with Crippen molar-refractivity contribution in [2.75, 3.05) is 22.7 Å². The van der Waals surface area contributed by atoms with Gasteiger partial charge in [0.05, 0.1) is 11.4 Å². The molecule has 0 unspecified atom stereocenters. The van der Waals surface area contributed by atoms with Crippen molar-refractivity contribution in [2.24, 2.45) is 0 Å². The second-order valence-corrected chi connectivity index (χ2v) is 7.79. The number of rotatable bonds is 4. The van der Waals surface area contributed by atoms with Crippen LogP contribution in [0.15, 0.2) is 47.4 Å². The van der Waals surface area contributed by atoms with Crippen LogP contribution in [0.3, 0.4) is 0 Å². The van der Waals surface area contributed by atoms with Crippen LogP contribution < -0.4 is 9.62 Å². The Bertz CT molecular complexity index is 828. The molecule has 2 aromatic carbocycles. The number of para-hydroxylation sites is 2. The van der Waals surface area contributed by atoms with E-state index in [1.165, 1.54) is 18.6 Å². The van der Waals surface area contributed by atoms with Gasteiger partial charge >= 0.3 is 0 Å². The Morgan fingerprint density at radius 2 is 1.75 bits per heavy atom. The molecule has 5 nitrogen and oxygen atoms in total. The second-order valence-electron chi connectivity index (χ2n) is 6.14. The van der Waals surface area contributed by atoms with E-state index in [1.54, 1.807) is 25.1 Å². The number of piperidine rings is 1. The highest BCUT2D eigenvalue weighted by Gasteiger charge is 2.22. The molecule has 1 heterocycles. The summed E-state index contributed by atoms with van der Waals surface area (Å²) in [6.45, 7) is 3.64. The van der Waals surface area contributed by atoms with Gasteiger partial charge in [-0.2, -0.15) is 0 Å². The van der Waals surface area contributed by atoms with Crippen LogP contribution in [-0.2, 0) is 10.0 Å². The van der Waals surface area contributed by atoms with Crippen LogP contribution in [0.4, 0.5) is 11.4 Å². The third-order valence-corrected chi connectivity index (χ3v) is 5.64. The first-order valence-electron chi connectivity index (χ1n) is 8.14. The van der Waals surface area contributed by atoms with Crippen molar-refractivity contribution in [3.8, 4) is 5.75 Å². The molecule has 2 N–H and O–H groups in total. The normalized spacial score (nSPS) is 15.3. The van der Waals surface area contributed by atoms with Gasteiger partial charge in [0.1, 0.15) is 10.6 Å². The lowest BCUT2D eigenvalue weighted by atomic mass is 10.1. The summed E-state index contributed by atoms with van der Waals surface area (Å²) < 4.78 is 28.1. The van der Waals surface area contributed by atoms with Crippen molar-refractivity contribution in [1.82, 2.24) is 0 Å². The van der Waals surface area contributed by atoms with Crippen LogP contribution >= 0.6 is 0 Å². The van der Waals surface area contributed by atoms with Crippen LogP contribution in [0.2, 0.25) is 0 Å². The average Bonchev–Trinajstić information content (AvgIpc) is 2.58. The van der Waals surface area contributed by atoms with Crippen LogP contribution in [0, 0.1) is 6.92 Å². The molecule has 0 saturated carbocycles. The van der Waals surface area contributed by atoms with Gasteiger partial charge in [-0.15, -0.1) is 0 Å². The van der Waals surface area contributed by atoms with E-state index in [4.69, 9.17) is 0 Å². The van der Waals surface area contributed by atoms with Crippen molar-refractivity contribution in [2.45, 2.75) is 31.1 Å². The molecule has 2 aromatic rings. The fourth-order valence-electron chi connectivity index (χ4n) is 3.01. The average molecular weight is 346 g/mol. The topological polar surface area (TPSA) is 69.6 Å². The van der Waals surface area contributed by atoms with Crippen molar-refractivity contribution >= 4 is 21.4 Å². The predicted octanol–water partition coefficient (Wildman–Crippen LogP) is 3.49. The summed E-state index contributed by atoms with van der Waals surface area (Å²) in [4.78, 5) is 2.10. The maximum Gasteiger partial charge on any atom is 0.265 e. The van der Waals surface area contributed by atoms with Gasteiger partial charge in [0.15, 0.2) is 0 Å². The summed E-state index contributed by atoms with van der Waals surface area (Å²) in [7, 11) is -3.85. The first-order valence-corrected chi connectivity index (χ1v) is 9.62. The van der Waals surface area contributed by atoms with E-state index in [0.717, 1.165) is 37.2 Å². The van der Waals surface area contributed by atoms with E-state index in [0.29, 0.717) is 5.69 Å². The number of sulfonamides is 1. The minimum atomic E-state index is -3.85. The Kier molecular flexibility index (Phi) is 4.66. The highest BCUT2D eigenvalue weighted by molar-refractivity contribution is 7.92. The molecule has 0 aliphatic carbocycles. The van der Waals surface area contributed by atoms with Gasteiger partial charge in [0, 0.05) is 13.1 Å². The van der Waals surface area contributed by atoms with Gasteiger partial charge in [-0.3, -0.25) is 4.72 Å². The number of anilines is 2. The van der Waals surface area contributed by atoms with Gasteiger partial charge in [-0.05, 0) is 56.0 Å². The Labute approximate surface area is 143 Å². The number of aryl methyl sites for hydroxylation is 1. The zero-order valence-electron chi connectivity index (χ0n) is 13.7. The molecule has 0 aromatic heterocycles. The first-order chi connectivity index (χ1) is 11.5. The second kappa shape index (κ2) is 6.73. The number of nitrogens with zero attached hydrogens (tertiary/aromatic N) is 1. The molecule has 3 rings (SSSR count). The molecular weight excluding hydrogens is 324 g/mol. The quantitative estimate of drug-likeness (QED) is 0.889. The number of phenols is 1. The molecule has 24 heavy (non-hydrogen) atoms. The number of aromatic hydroxyl groups is 1. The number of hydrogen-bond acceptors (Lipinski definition) is 4. The zero-order valence-corrected chi connectivity index (χ0v) is 14.5. The van der Waals surface area contributed by atoms with Gasteiger partial charge in [-0.25, -0.2) is 8.42 Å². The third-order valence-electron chi connectivity index (χ3n) is 4.25. The molecule has 128 valence electrons. The molecule has 0 radical (unpaired) electrons. The summed E-state index contributed by atoms with van der Waals surface area (Å²) in [6.07, 6.45) is 3.43. The standard InChI is InChI=1S/C18H22N2O3S/c1-14-9-10-17(21)18(13-14)24(22,23)19-15-7-3-4-8-16(15)20-11-5-2-6-12-20/h3-4,7-10,13,19,21H,2,5-6,11-12H2,1H3. The van der Waals surface area contributed by atoms with Crippen molar-refractivity contribution in [3.63, 3.8) is 0 Å². The smallest absolute Gasteiger partial charge is 0.265 e. The minimum Gasteiger partial charge on any atom is -0.507 e. The molecule has 1 aliphatic heterocycles. The third kappa shape index (κ3) is 3.48. The van der Waals surface area contributed by atoms with Gasteiger partial charge in [0.2, 0.25) is 0 Å². The van der Waals surface area contributed by atoms with E-state index < -0.39 is 10.0 Å².